The molecule has 0 atom stereocenters. The highest BCUT2D eigenvalue weighted by atomic mass is 16.5. The molecular formula is C32H33N3O5. The van der Waals surface area contributed by atoms with E-state index in [4.69, 9.17) is 14.6 Å². The van der Waals surface area contributed by atoms with Crippen LogP contribution in [0.25, 0.3) is 11.1 Å². The lowest BCUT2D eigenvalue weighted by Gasteiger charge is -2.23. The Kier molecular flexibility index (Phi) is 8.15. The van der Waals surface area contributed by atoms with Crippen LogP contribution in [0.15, 0.2) is 73.1 Å². The number of carbonyl (C=O) groups excluding carboxylic acids is 1. The molecule has 1 amide bonds. The largest absolute Gasteiger partial charge is 0.493 e. The van der Waals surface area contributed by atoms with Gasteiger partial charge in [0, 0.05) is 30.3 Å². The summed E-state index contributed by atoms with van der Waals surface area (Å²) < 4.78 is 13.9. The summed E-state index contributed by atoms with van der Waals surface area (Å²) in [5, 5.41) is 13.6. The van der Waals surface area contributed by atoms with Gasteiger partial charge in [0.25, 0.3) is 0 Å². The number of rotatable bonds is 9. The minimum absolute atomic E-state index is 0.0500. The standard InChI is InChI=1S/C32H33N3O5/c1-22-7-3-10-29(23(22)2)39-17-5-11-30(36)35-16-6-18-40-31-27(8-4-9-28(31)35)26-19-33-34(21-26)20-24-12-14-25(15-13-24)32(37)38/h3-4,7-10,12-15,19,21H,5-6,11,16-18,20H2,1-2H3,(H,37,38). The number of ether oxygens (including phenoxy) is 2. The van der Waals surface area contributed by atoms with Gasteiger partial charge >= 0.3 is 5.97 Å². The van der Waals surface area contributed by atoms with Crippen molar-refractivity contribution >= 4 is 17.6 Å². The van der Waals surface area contributed by atoms with Crippen molar-refractivity contribution in [3.63, 3.8) is 0 Å². The minimum atomic E-state index is -0.948. The fourth-order valence-corrected chi connectivity index (χ4v) is 4.84. The van der Waals surface area contributed by atoms with E-state index in [0.29, 0.717) is 44.9 Å². The van der Waals surface area contributed by atoms with Gasteiger partial charge in [0.05, 0.1) is 37.2 Å². The Bertz CT molecular complexity index is 1510. The fourth-order valence-electron chi connectivity index (χ4n) is 4.84. The van der Waals surface area contributed by atoms with Gasteiger partial charge in [-0.3, -0.25) is 9.48 Å². The van der Waals surface area contributed by atoms with Crippen LogP contribution in [0.1, 0.15) is 46.3 Å². The highest BCUT2D eigenvalue weighted by Crippen LogP contribution is 2.40. The average molecular weight is 540 g/mol. The molecule has 0 saturated heterocycles. The van der Waals surface area contributed by atoms with Crippen molar-refractivity contribution in [3.05, 3.63) is 95.3 Å². The molecule has 0 spiro atoms. The van der Waals surface area contributed by atoms with E-state index in [1.165, 1.54) is 5.56 Å². The molecule has 3 aromatic carbocycles. The Morgan fingerprint density at radius 2 is 1.85 bits per heavy atom. The summed E-state index contributed by atoms with van der Waals surface area (Å²) in [7, 11) is 0. The van der Waals surface area contributed by atoms with Crippen LogP contribution >= 0.6 is 0 Å². The van der Waals surface area contributed by atoms with Crippen LogP contribution < -0.4 is 14.4 Å². The molecule has 0 radical (unpaired) electrons. The lowest BCUT2D eigenvalue weighted by Crippen LogP contribution is -2.31. The second-order valence-corrected chi connectivity index (χ2v) is 9.98. The summed E-state index contributed by atoms with van der Waals surface area (Å²) in [6.45, 7) is 6.21. The van der Waals surface area contributed by atoms with Crippen LogP contribution in [0.5, 0.6) is 11.5 Å². The molecule has 8 nitrogen and oxygen atoms in total. The van der Waals surface area contributed by atoms with Crippen LogP contribution in [-0.2, 0) is 11.3 Å². The van der Waals surface area contributed by atoms with Crippen LogP contribution in [0.3, 0.4) is 0 Å². The highest BCUT2D eigenvalue weighted by Gasteiger charge is 2.25. The number of carboxylic acid groups (broad SMARTS) is 1. The molecule has 1 aromatic heterocycles. The van der Waals surface area contributed by atoms with Crippen molar-refractivity contribution in [1.29, 1.82) is 0 Å². The predicted molar refractivity (Wildman–Crippen MR) is 153 cm³/mol. The Hall–Kier alpha value is -4.59. The molecule has 1 aliphatic rings. The normalized spacial score (nSPS) is 12.8. The Morgan fingerprint density at radius 1 is 1.05 bits per heavy atom. The maximum Gasteiger partial charge on any atom is 0.335 e. The quantitative estimate of drug-likeness (QED) is 0.267. The van der Waals surface area contributed by atoms with E-state index < -0.39 is 5.97 Å². The van der Waals surface area contributed by atoms with Gasteiger partial charge in [0.2, 0.25) is 5.91 Å². The molecule has 0 fully saturated rings. The van der Waals surface area contributed by atoms with Crippen molar-refractivity contribution in [3.8, 4) is 22.6 Å². The number of nitrogens with zero attached hydrogens (tertiary/aromatic N) is 3. The molecule has 2 heterocycles. The lowest BCUT2D eigenvalue weighted by atomic mass is 10.1. The van der Waals surface area contributed by atoms with Crippen molar-refractivity contribution in [2.45, 2.75) is 39.7 Å². The number of hydrogen-bond donors (Lipinski definition) is 1. The zero-order valence-corrected chi connectivity index (χ0v) is 22.8. The van der Waals surface area contributed by atoms with Crippen molar-refractivity contribution in [2.24, 2.45) is 0 Å². The molecule has 4 aromatic rings. The van der Waals surface area contributed by atoms with E-state index in [-0.39, 0.29) is 11.5 Å². The summed E-state index contributed by atoms with van der Waals surface area (Å²) in [6, 6.07) is 18.6. The number of aromatic carboxylic acids is 1. The molecule has 206 valence electrons. The van der Waals surface area contributed by atoms with Crippen LogP contribution in [0.4, 0.5) is 5.69 Å². The molecule has 0 aliphatic carbocycles. The van der Waals surface area contributed by atoms with Gasteiger partial charge in [-0.25, -0.2) is 4.79 Å². The van der Waals surface area contributed by atoms with Gasteiger partial charge in [0.1, 0.15) is 5.75 Å². The third-order valence-corrected chi connectivity index (χ3v) is 7.20. The lowest BCUT2D eigenvalue weighted by molar-refractivity contribution is -0.118. The molecule has 8 heteroatoms. The van der Waals surface area contributed by atoms with Crippen LogP contribution in [-0.4, -0.2) is 46.5 Å². The van der Waals surface area contributed by atoms with E-state index in [9.17, 15) is 9.59 Å². The number of carbonyl (C=O) groups is 2. The third kappa shape index (κ3) is 6.01. The van der Waals surface area contributed by atoms with E-state index in [0.717, 1.165) is 40.1 Å². The highest BCUT2D eigenvalue weighted by molar-refractivity contribution is 5.97. The summed E-state index contributed by atoms with van der Waals surface area (Å²) >= 11 is 0. The van der Waals surface area contributed by atoms with Crippen molar-refractivity contribution in [2.75, 3.05) is 24.7 Å². The monoisotopic (exact) mass is 539 g/mol. The first kappa shape index (κ1) is 27.0. The predicted octanol–water partition coefficient (Wildman–Crippen LogP) is 5.89. The smallest absolute Gasteiger partial charge is 0.335 e. The molecule has 1 aliphatic heterocycles. The summed E-state index contributed by atoms with van der Waals surface area (Å²) in [6.07, 6.45) is 5.47. The third-order valence-electron chi connectivity index (χ3n) is 7.20. The summed E-state index contributed by atoms with van der Waals surface area (Å²) in [4.78, 5) is 26.3. The zero-order chi connectivity index (χ0) is 28.1. The number of aromatic nitrogens is 2. The first-order valence-electron chi connectivity index (χ1n) is 13.5. The topological polar surface area (TPSA) is 93.9 Å². The molecule has 1 N–H and O–H groups in total. The SMILES string of the molecule is Cc1cccc(OCCCC(=O)N2CCCOc3c(-c4cnn(Cc5ccc(C(=O)O)cc5)c4)cccc32)c1C. The Morgan fingerprint density at radius 3 is 2.65 bits per heavy atom. The maximum absolute atomic E-state index is 13.3. The van der Waals surface area contributed by atoms with Gasteiger partial charge in [0.15, 0.2) is 5.75 Å². The summed E-state index contributed by atoms with van der Waals surface area (Å²) in [5.41, 5.74) is 6.04. The van der Waals surface area contributed by atoms with Gasteiger partial charge < -0.3 is 19.5 Å². The second kappa shape index (κ2) is 12.1. The number of hydrogen-bond acceptors (Lipinski definition) is 5. The molecule has 5 rings (SSSR count). The van der Waals surface area contributed by atoms with Crippen LogP contribution in [0, 0.1) is 13.8 Å². The average Bonchev–Trinajstić information content (AvgIpc) is 3.30. The minimum Gasteiger partial charge on any atom is -0.493 e. The molecule has 40 heavy (non-hydrogen) atoms. The second-order valence-electron chi connectivity index (χ2n) is 9.98. The number of fused-ring (bicyclic) bond motifs is 1. The van der Waals surface area contributed by atoms with Gasteiger partial charge in [-0.05, 0) is 67.6 Å². The van der Waals surface area contributed by atoms with E-state index in [1.807, 2.05) is 48.4 Å². The van der Waals surface area contributed by atoms with Crippen molar-refractivity contribution in [1.82, 2.24) is 9.78 Å². The van der Waals surface area contributed by atoms with Gasteiger partial charge in [-0.1, -0.05) is 36.4 Å². The number of para-hydroxylation sites is 1. The number of benzene rings is 3. The van der Waals surface area contributed by atoms with E-state index in [2.05, 4.69) is 18.1 Å². The molecule has 0 unspecified atom stereocenters. The van der Waals surface area contributed by atoms with E-state index in [1.54, 1.807) is 35.1 Å². The fraction of sp³-hybridized carbons (Fsp3) is 0.281. The summed E-state index contributed by atoms with van der Waals surface area (Å²) in [5.74, 6) is 0.652. The Labute approximate surface area is 233 Å². The van der Waals surface area contributed by atoms with E-state index >= 15 is 0 Å². The number of carboxylic acids is 1. The first-order valence-corrected chi connectivity index (χ1v) is 13.5. The number of anilines is 1. The molecule has 0 bridgehead atoms. The Balaban J connectivity index is 1.27. The number of amides is 1. The van der Waals surface area contributed by atoms with Gasteiger partial charge in [-0.15, -0.1) is 0 Å². The number of aryl methyl sites for hydroxylation is 1. The first-order chi connectivity index (χ1) is 19.4. The maximum atomic E-state index is 13.3. The zero-order valence-electron chi connectivity index (χ0n) is 22.8. The molecular weight excluding hydrogens is 506 g/mol. The van der Waals surface area contributed by atoms with Crippen molar-refractivity contribution < 1.29 is 24.2 Å². The van der Waals surface area contributed by atoms with Crippen LogP contribution in [0.2, 0.25) is 0 Å². The van der Waals surface area contributed by atoms with Gasteiger partial charge in [-0.2, -0.15) is 5.10 Å². The molecule has 0 saturated carbocycles.